The Hall–Kier alpha value is -3.08. The first-order chi connectivity index (χ1) is 17.1. The number of hydrogen-bond acceptors (Lipinski definition) is 3. The maximum absolute atomic E-state index is 13.3. The molecule has 5 heteroatoms. The first-order valence-electron chi connectivity index (χ1n) is 13.4. The number of likely N-dealkylation sites (N-methyl/N-ethyl adjacent to an activating group) is 1. The average molecular weight is 485 g/mol. The molecule has 0 bridgehead atoms. The summed E-state index contributed by atoms with van der Waals surface area (Å²) in [5, 5.41) is 1.23. The van der Waals surface area contributed by atoms with Gasteiger partial charge in [0.25, 0.3) is 5.91 Å². The maximum Gasteiger partial charge on any atom is 0.306 e. The maximum atomic E-state index is 13.3. The van der Waals surface area contributed by atoms with Crippen molar-refractivity contribution in [2.24, 2.45) is 5.41 Å². The van der Waals surface area contributed by atoms with Crippen molar-refractivity contribution in [2.75, 3.05) is 13.6 Å². The van der Waals surface area contributed by atoms with E-state index in [0.29, 0.717) is 12.3 Å². The van der Waals surface area contributed by atoms with Crippen LogP contribution in [-0.2, 0) is 22.4 Å². The van der Waals surface area contributed by atoms with E-state index >= 15 is 0 Å². The molecule has 36 heavy (non-hydrogen) atoms. The van der Waals surface area contributed by atoms with Crippen molar-refractivity contribution in [2.45, 2.75) is 77.2 Å². The van der Waals surface area contributed by atoms with Gasteiger partial charge in [-0.15, -0.1) is 0 Å². The number of esters is 1. The molecular weight excluding hydrogens is 448 g/mol. The number of carbonyl (C=O) groups is 2. The molecule has 188 valence electrons. The quantitative estimate of drug-likeness (QED) is 0.392. The number of aromatic nitrogens is 1. The van der Waals surface area contributed by atoms with Crippen LogP contribution in [-0.4, -0.2) is 40.5 Å². The molecule has 0 spiro atoms. The van der Waals surface area contributed by atoms with E-state index in [4.69, 9.17) is 4.74 Å². The van der Waals surface area contributed by atoms with Crippen molar-refractivity contribution in [3.05, 3.63) is 64.8 Å². The van der Waals surface area contributed by atoms with Gasteiger partial charge in [0.2, 0.25) is 0 Å². The lowest BCUT2D eigenvalue weighted by Gasteiger charge is -2.24. The van der Waals surface area contributed by atoms with Gasteiger partial charge in [0.1, 0.15) is 11.3 Å². The highest BCUT2D eigenvalue weighted by Crippen LogP contribution is 2.52. The van der Waals surface area contributed by atoms with Crippen LogP contribution in [0, 0.1) is 5.41 Å². The molecule has 0 saturated heterocycles. The van der Waals surface area contributed by atoms with Gasteiger partial charge in [-0.2, -0.15) is 0 Å². The predicted molar refractivity (Wildman–Crippen MR) is 142 cm³/mol. The second kappa shape index (κ2) is 8.22. The van der Waals surface area contributed by atoms with E-state index < -0.39 is 5.60 Å². The lowest BCUT2D eigenvalue weighted by molar-refractivity contribution is -0.156. The van der Waals surface area contributed by atoms with Crippen LogP contribution in [0.4, 0.5) is 0 Å². The minimum Gasteiger partial charge on any atom is -0.460 e. The summed E-state index contributed by atoms with van der Waals surface area (Å²) >= 11 is 0. The second-order valence-corrected chi connectivity index (χ2v) is 12.3. The fraction of sp³-hybridized carbons (Fsp3) is 0.484. The second-order valence-electron chi connectivity index (χ2n) is 12.3. The molecule has 2 heterocycles. The Morgan fingerprint density at radius 3 is 2.44 bits per heavy atom. The number of benzene rings is 2. The zero-order valence-electron chi connectivity index (χ0n) is 21.9. The molecule has 0 atom stereocenters. The van der Waals surface area contributed by atoms with E-state index in [0.717, 1.165) is 49.1 Å². The van der Waals surface area contributed by atoms with Gasteiger partial charge in [-0.3, -0.25) is 9.59 Å². The number of rotatable bonds is 6. The normalized spacial score (nSPS) is 18.9. The summed E-state index contributed by atoms with van der Waals surface area (Å²) in [7, 11) is 1.89. The third-order valence-corrected chi connectivity index (χ3v) is 8.06. The fourth-order valence-corrected chi connectivity index (χ4v) is 5.82. The third-order valence-electron chi connectivity index (χ3n) is 8.06. The van der Waals surface area contributed by atoms with E-state index in [1.807, 2.05) is 32.7 Å². The minimum atomic E-state index is -0.446. The van der Waals surface area contributed by atoms with Crippen LogP contribution < -0.4 is 0 Å². The molecule has 3 aliphatic rings. The van der Waals surface area contributed by atoms with E-state index in [2.05, 4.69) is 47.0 Å². The Kier molecular flexibility index (Phi) is 5.33. The van der Waals surface area contributed by atoms with Crippen LogP contribution in [0.3, 0.4) is 0 Å². The van der Waals surface area contributed by atoms with Gasteiger partial charge in [0.15, 0.2) is 0 Å². The Morgan fingerprint density at radius 2 is 1.81 bits per heavy atom. The van der Waals surface area contributed by atoms with E-state index in [1.54, 1.807) is 0 Å². The summed E-state index contributed by atoms with van der Waals surface area (Å²) in [6.07, 6.45) is 6.91. The molecule has 1 aliphatic heterocycles. The van der Waals surface area contributed by atoms with Gasteiger partial charge in [0.05, 0.1) is 11.9 Å². The van der Waals surface area contributed by atoms with Crippen LogP contribution in [0.5, 0.6) is 0 Å². The predicted octanol–water partition coefficient (Wildman–Crippen LogP) is 6.19. The first kappa shape index (κ1) is 23.3. The Labute approximate surface area is 213 Å². The number of ether oxygens (including phenoxy) is 1. The van der Waals surface area contributed by atoms with Crippen molar-refractivity contribution in [3.63, 3.8) is 0 Å². The van der Waals surface area contributed by atoms with Crippen LogP contribution in [0.15, 0.2) is 42.5 Å². The van der Waals surface area contributed by atoms with Crippen molar-refractivity contribution in [1.29, 1.82) is 0 Å². The Balaban J connectivity index is 1.31. The van der Waals surface area contributed by atoms with Gasteiger partial charge >= 0.3 is 5.97 Å². The first-order valence-corrected chi connectivity index (χ1v) is 13.4. The highest BCUT2D eigenvalue weighted by Gasteiger charge is 2.45. The molecule has 5 nitrogen and oxygen atoms in total. The summed E-state index contributed by atoms with van der Waals surface area (Å²) in [6.45, 7) is 6.52. The van der Waals surface area contributed by atoms with Gasteiger partial charge in [-0.1, -0.05) is 18.2 Å². The number of hydrogen-bond donors (Lipinski definition) is 0. The lowest BCUT2D eigenvalue weighted by atomic mass is 9.93. The zero-order valence-corrected chi connectivity index (χ0v) is 21.9. The SMILES string of the molecule is CN1CCc2c(n(-c3ccc(CC4(CC(=O)OC(C)(C)C)CC4)cc3)c3ccc(C4CC4)cc23)C1=O. The monoisotopic (exact) mass is 484 g/mol. The van der Waals surface area contributed by atoms with Gasteiger partial charge in [0, 0.05) is 24.7 Å². The minimum absolute atomic E-state index is 0.0288. The third kappa shape index (κ3) is 4.33. The topological polar surface area (TPSA) is 51.5 Å². The fourth-order valence-electron chi connectivity index (χ4n) is 5.82. The summed E-state index contributed by atoms with van der Waals surface area (Å²) in [4.78, 5) is 27.6. The zero-order chi connectivity index (χ0) is 25.2. The number of carbonyl (C=O) groups excluding carboxylic acids is 2. The van der Waals surface area contributed by atoms with Crippen molar-refractivity contribution in [3.8, 4) is 5.69 Å². The highest BCUT2D eigenvalue weighted by molar-refractivity contribution is 6.04. The summed E-state index contributed by atoms with van der Waals surface area (Å²) in [6, 6.07) is 15.4. The molecule has 1 aromatic heterocycles. The molecule has 0 N–H and O–H groups in total. The summed E-state index contributed by atoms with van der Waals surface area (Å²) < 4.78 is 7.74. The van der Waals surface area contributed by atoms with E-state index in [9.17, 15) is 9.59 Å². The van der Waals surface area contributed by atoms with Crippen molar-refractivity contribution in [1.82, 2.24) is 9.47 Å². The smallest absolute Gasteiger partial charge is 0.306 e. The molecule has 2 fully saturated rings. The molecule has 2 saturated carbocycles. The van der Waals surface area contributed by atoms with Gasteiger partial charge < -0.3 is 14.2 Å². The van der Waals surface area contributed by atoms with Crippen LogP contribution in [0.1, 0.15) is 86.0 Å². The molecule has 6 rings (SSSR count). The van der Waals surface area contributed by atoms with Crippen LogP contribution in [0.25, 0.3) is 16.6 Å². The summed E-state index contributed by atoms with van der Waals surface area (Å²) in [5.74, 6) is 0.680. The largest absolute Gasteiger partial charge is 0.460 e. The van der Waals surface area contributed by atoms with E-state index in [-0.39, 0.29) is 17.3 Å². The van der Waals surface area contributed by atoms with Crippen molar-refractivity contribution >= 4 is 22.8 Å². The molecule has 0 radical (unpaired) electrons. The molecular formula is C31H36N2O3. The summed E-state index contributed by atoms with van der Waals surface area (Å²) in [5.41, 5.74) is 6.35. The van der Waals surface area contributed by atoms with E-state index in [1.165, 1.54) is 34.9 Å². The van der Waals surface area contributed by atoms with Gasteiger partial charge in [-0.25, -0.2) is 0 Å². The molecule has 1 amide bonds. The number of nitrogens with zero attached hydrogens (tertiary/aromatic N) is 2. The molecule has 2 aromatic carbocycles. The molecule has 3 aromatic rings. The Bertz CT molecular complexity index is 1350. The molecule has 2 aliphatic carbocycles. The average Bonchev–Trinajstić information content (AvgIpc) is 3.74. The Morgan fingerprint density at radius 1 is 1.08 bits per heavy atom. The van der Waals surface area contributed by atoms with Crippen molar-refractivity contribution < 1.29 is 14.3 Å². The number of fused-ring (bicyclic) bond motifs is 3. The van der Waals surface area contributed by atoms with Crippen LogP contribution in [0.2, 0.25) is 0 Å². The van der Waals surface area contributed by atoms with Gasteiger partial charge in [-0.05, 0) is 112 Å². The molecule has 0 unspecified atom stereocenters. The number of amides is 1. The van der Waals surface area contributed by atoms with Crippen LogP contribution >= 0.6 is 0 Å². The highest BCUT2D eigenvalue weighted by atomic mass is 16.6. The standard InChI is InChI=1S/C31H36N2O3/c1-30(2,3)36-27(34)19-31(14-15-31)18-20-5-10-23(11-6-20)33-26-12-9-22(21-7-8-21)17-25(26)24-13-16-32(4)29(35)28(24)33/h5-6,9-12,17,21H,7-8,13-16,18-19H2,1-4H3. The lowest BCUT2D eigenvalue weighted by Crippen LogP contribution is -2.35.